The molecule has 0 fully saturated rings. The Kier molecular flexibility index (Phi) is 7.41. The summed E-state index contributed by atoms with van der Waals surface area (Å²) in [4.78, 5) is 12.6. The Labute approximate surface area is 166 Å². The topological polar surface area (TPSA) is 66.5 Å². The second-order valence-corrected chi connectivity index (χ2v) is 8.43. The van der Waals surface area contributed by atoms with Gasteiger partial charge in [-0.1, -0.05) is 56.6 Å². The Morgan fingerprint density at radius 3 is 2.15 bits per heavy atom. The van der Waals surface area contributed by atoms with E-state index in [0.717, 1.165) is 12.0 Å². The molecule has 7 heteroatoms. The summed E-state index contributed by atoms with van der Waals surface area (Å²) >= 11 is 6.14. The fourth-order valence-corrected chi connectivity index (χ4v) is 4.41. The quantitative estimate of drug-likeness (QED) is 0.721. The van der Waals surface area contributed by atoms with E-state index in [1.165, 1.54) is 28.1 Å². The van der Waals surface area contributed by atoms with Crippen molar-refractivity contribution in [3.63, 3.8) is 0 Å². The number of hydrogen-bond donors (Lipinski definition) is 1. The fraction of sp³-hybridized carbons (Fsp3) is 0.350. The first-order valence-corrected chi connectivity index (χ1v) is 10.8. The first-order valence-electron chi connectivity index (χ1n) is 8.99. The van der Waals surface area contributed by atoms with Crippen molar-refractivity contribution in [1.29, 1.82) is 0 Å². The van der Waals surface area contributed by atoms with Gasteiger partial charge in [0.2, 0.25) is 10.0 Å². The van der Waals surface area contributed by atoms with Gasteiger partial charge in [-0.2, -0.15) is 4.31 Å². The molecule has 0 aromatic heterocycles. The second kappa shape index (κ2) is 9.35. The second-order valence-electron chi connectivity index (χ2n) is 6.08. The molecule has 0 aliphatic heterocycles. The maximum Gasteiger partial charge on any atom is 0.253 e. The summed E-state index contributed by atoms with van der Waals surface area (Å²) in [6, 6.07) is 12.2. The standard InChI is InChI=1S/C20H25ClN2O3S/c1-4-15-7-9-16(10-8-15)14-22-20(24)18-13-17(11-12-19(18)21)27(25,26)23(5-2)6-3/h7-13H,4-6,14H2,1-3H3,(H,22,24). The van der Waals surface area contributed by atoms with Crippen LogP contribution in [-0.4, -0.2) is 31.7 Å². The van der Waals surface area contributed by atoms with Gasteiger partial charge >= 0.3 is 0 Å². The van der Waals surface area contributed by atoms with E-state index in [2.05, 4.69) is 12.2 Å². The number of halogens is 1. The Morgan fingerprint density at radius 1 is 1.00 bits per heavy atom. The molecule has 2 rings (SSSR count). The lowest BCUT2D eigenvalue weighted by molar-refractivity contribution is 0.0951. The highest BCUT2D eigenvalue weighted by atomic mass is 35.5. The van der Waals surface area contributed by atoms with E-state index < -0.39 is 15.9 Å². The number of amides is 1. The predicted octanol–water partition coefficient (Wildman–Crippen LogP) is 3.86. The zero-order chi connectivity index (χ0) is 20.0. The predicted molar refractivity (Wildman–Crippen MR) is 109 cm³/mol. The first kappa shape index (κ1) is 21.4. The molecule has 0 atom stereocenters. The van der Waals surface area contributed by atoms with E-state index in [-0.39, 0.29) is 15.5 Å². The van der Waals surface area contributed by atoms with Crippen LogP contribution in [0.4, 0.5) is 0 Å². The molecular weight excluding hydrogens is 384 g/mol. The average molecular weight is 409 g/mol. The summed E-state index contributed by atoms with van der Waals surface area (Å²) < 4.78 is 26.7. The van der Waals surface area contributed by atoms with E-state index in [4.69, 9.17) is 11.6 Å². The van der Waals surface area contributed by atoms with Gasteiger partial charge in [0.1, 0.15) is 0 Å². The largest absolute Gasteiger partial charge is 0.348 e. The molecule has 0 heterocycles. The Morgan fingerprint density at radius 2 is 1.59 bits per heavy atom. The van der Waals surface area contributed by atoms with Crippen LogP contribution in [0.1, 0.15) is 42.3 Å². The number of carbonyl (C=O) groups excluding carboxylic acids is 1. The molecule has 0 aliphatic rings. The molecule has 2 aromatic carbocycles. The lowest BCUT2D eigenvalue weighted by Crippen LogP contribution is -2.31. The molecule has 146 valence electrons. The van der Waals surface area contributed by atoms with Gasteiger partial charge < -0.3 is 5.32 Å². The highest BCUT2D eigenvalue weighted by Gasteiger charge is 2.23. The number of rotatable bonds is 8. The summed E-state index contributed by atoms with van der Waals surface area (Å²) in [5.41, 5.74) is 2.33. The van der Waals surface area contributed by atoms with Crippen molar-refractivity contribution in [2.24, 2.45) is 0 Å². The van der Waals surface area contributed by atoms with Crippen molar-refractivity contribution >= 4 is 27.5 Å². The lowest BCUT2D eigenvalue weighted by atomic mass is 10.1. The number of nitrogens with one attached hydrogen (secondary N) is 1. The van der Waals surface area contributed by atoms with Gasteiger partial charge in [-0.15, -0.1) is 0 Å². The van der Waals surface area contributed by atoms with Crippen molar-refractivity contribution in [2.75, 3.05) is 13.1 Å². The smallest absolute Gasteiger partial charge is 0.253 e. The van der Waals surface area contributed by atoms with Gasteiger partial charge in [0.25, 0.3) is 5.91 Å². The maximum atomic E-state index is 12.7. The zero-order valence-corrected chi connectivity index (χ0v) is 17.4. The number of hydrogen-bond acceptors (Lipinski definition) is 3. The van der Waals surface area contributed by atoms with Crippen LogP contribution in [0.15, 0.2) is 47.4 Å². The zero-order valence-electron chi connectivity index (χ0n) is 15.8. The van der Waals surface area contributed by atoms with Crippen LogP contribution in [0.25, 0.3) is 0 Å². The minimum Gasteiger partial charge on any atom is -0.348 e. The molecule has 0 saturated heterocycles. The van der Waals surface area contributed by atoms with Gasteiger partial charge in [-0.3, -0.25) is 4.79 Å². The van der Waals surface area contributed by atoms with Crippen LogP contribution in [-0.2, 0) is 23.0 Å². The van der Waals surface area contributed by atoms with Crippen molar-refractivity contribution in [2.45, 2.75) is 38.6 Å². The molecule has 5 nitrogen and oxygen atoms in total. The van der Waals surface area contributed by atoms with E-state index in [9.17, 15) is 13.2 Å². The number of sulfonamides is 1. The molecule has 0 bridgehead atoms. The van der Waals surface area contributed by atoms with Crippen LogP contribution in [0.3, 0.4) is 0 Å². The summed E-state index contributed by atoms with van der Waals surface area (Å²) in [5.74, 6) is -0.406. The van der Waals surface area contributed by atoms with Crippen molar-refractivity contribution in [3.8, 4) is 0 Å². The molecule has 1 amide bonds. The number of nitrogens with zero attached hydrogens (tertiary/aromatic N) is 1. The number of benzene rings is 2. The van der Waals surface area contributed by atoms with E-state index in [0.29, 0.717) is 19.6 Å². The molecule has 0 spiro atoms. The Balaban J connectivity index is 2.20. The van der Waals surface area contributed by atoms with E-state index >= 15 is 0 Å². The molecule has 0 aliphatic carbocycles. The molecule has 0 saturated carbocycles. The van der Waals surface area contributed by atoms with Gasteiger partial charge in [-0.25, -0.2) is 8.42 Å². The number of carbonyl (C=O) groups is 1. The summed E-state index contributed by atoms with van der Waals surface area (Å²) in [6.45, 7) is 6.68. The van der Waals surface area contributed by atoms with Crippen molar-refractivity contribution < 1.29 is 13.2 Å². The maximum absolute atomic E-state index is 12.7. The average Bonchev–Trinajstić information content (AvgIpc) is 2.67. The van der Waals surface area contributed by atoms with Gasteiger partial charge in [0.15, 0.2) is 0 Å². The highest BCUT2D eigenvalue weighted by Crippen LogP contribution is 2.23. The first-order chi connectivity index (χ1) is 12.8. The van der Waals surface area contributed by atoms with Gasteiger partial charge in [0.05, 0.1) is 15.5 Å². The minimum atomic E-state index is -3.65. The summed E-state index contributed by atoms with van der Waals surface area (Å²) in [5, 5.41) is 3.01. The summed E-state index contributed by atoms with van der Waals surface area (Å²) in [7, 11) is -3.65. The molecule has 0 unspecified atom stereocenters. The monoisotopic (exact) mass is 408 g/mol. The van der Waals surface area contributed by atoms with Crippen molar-refractivity contribution in [1.82, 2.24) is 9.62 Å². The highest BCUT2D eigenvalue weighted by molar-refractivity contribution is 7.89. The fourth-order valence-electron chi connectivity index (χ4n) is 2.72. The third-order valence-electron chi connectivity index (χ3n) is 4.41. The molecule has 2 aromatic rings. The molecule has 0 radical (unpaired) electrons. The van der Waals surface area contributed by atoms with Gasteiger partial charge in [0, 0.05) is 19.6 Å². The Hall–Kier alpha value is -1.89. The van der Waals surface area contributed by atoms with E-state index in [1.54, 1.807) is 13.8 Å². The SMILES string of the molecule is CCc1ccc(CNC(=O)c2cc(S(=O)(=O)N(CC)CC)ccc2Cl)cc1. The summed E-state index contributed by atoms with van der Waals surface area (Å²) in [6.07, 6.45) is 0.954. The van der Waals surface area contributed by atoms with Crippen LogP contribution in [0.5, 0.6) is 0 Å². The van der Waals surface area contributed by atoms with Gasteiger partial charge in [-0.05, 0) is 35.7 Å². The van der Waals surface area contributed by atoms with Crippen LogP contribution >= 0.6 is 11.6 Å². The molecule has 27 heavy (non-hydrogen) atoms. The molecular formula is C20H25ClN2O3S. The van der Waals surface area contributed by atoms with E-state index in [1.807, 2.05) is 24.3 Å². The normalized spacial score (nSPS) is 11.6. The van der Waals surface area contributed by atoms with Crippen LogP contribution in [0, 0.1) is 0 Å². The van der Waals surface area contributed by atoms with Crippen LogP contribution in [0.2, 0.25) is 5.02 Å². The lowest BCUT2D eigenvalue weighted by Gasteiger charge is -2.19. The van der Waals surface area contributed by atoms with Crippen molar-refractivity contribution in [3.05, 3.63) is 64.2 Å². The number of aryl methyl sites for hydroxylation is 1. The third kappa shape index (κ3) is 5.09. The van der Waals surface area contributed by atoms with Crippen LogP contribution < -0.4 is 5.32 Å². The minimum absolute atomic E-state index is 0.0630. The third-order valence-corrected chi connectivity index (χ3v) is 6.79. The Bertz CT molecular complexity index is 892. The molecule has 1 N–H and O–H groups in total.